The van der Waals surface area contributed by atoms with Crippen LogP contribution in [-0.2, 0) is 0 Å². The lowest BCUT2D eigenvalue weighted by atomic mass is 10.1. The fourth-order valence-electron chi connectivity index (χ4n) is 1.93. The van der Waals surface area contributed by atoms with E-state index in [0.717, 1.165) is 18.7 Å². The van der Waals surface area contributed by atoms with E-state index in [1.54, 1.807) is 0 Å². The number of para-hydroxylation sites is 1. The summed E-state index contributed by atoms with van der Waals surface area (Å²) in [5, 5.41) is 9.70. The van der Waals surface area contributed by atoms with Crippen LogP contribution in [0.5, 0.6) is 0 Å². The highest BCUT2D eigenvalue weighted by Gasteiger charge is 2.15. The zero-order chi connectivity index (χ0) is 10.7. The molecule has 2 nitrogen and oxygen atoms in total. The standard InChI is InChI=1S/C12H17NOS/c1-10(14)11-4-2-3-5-12(11)13-6-8-15-9-7-13/h2-5,10,14H,6-9H2,1H3/t10-/m0/s1. The smallest absolute Gasteiger partial charge is 0.0781 e. The normalized spacial score (nSPS) is 18.9. The molecule has 1 aliphatic rings. The molecule has 0 saturated carbocycles. The number of benzene rings is 1. The Balaban J connectivity index is 2.25. The highest BCUT2D eigenvalue weighted by Crippen LogP contribution is 2.27. The van der Waals surface area contributed by atoms with Gasteiger partial charge in [0.15, 0.2) is 0 Å². The van der Waals surface area contributed by atoms with Crippen LogP contribution in [0.3, 0.4) is 0 Å². The highest BCUT2D eigenvalue weighted by molar-refractivity contribution is 7.99. The molecule has 1 aromatic rings. The van der Waals surface area contributed by atoms with Crippen LogP contribution in [-0.4, -0.2) is 29.7 Å². The summed E-state index contributed by atoms with van der Waals surface area (Å²) in [5.74, 6) is 2.38. The van der Waals surface area contributed by atoms with Gasteiger partial charge in [0.2, 0.25) is 0 Å². The minimum atomic E-state index is -0.379. The summed E-state index contributed by atoms with van der Waals surface area (Å²) in [5.41, 5.74) is 2.25. The first kappa shape index (κ1) is 10.8. The van der Waals surface area contributed by atoms with Gasteiger partial charge in [-0.25, -0.2) is 0 Å². The molecule has 15 heavy (non-hydrogen) atoms. The molecule has 1 aliphatic heterocycles. The Bertz CT molecular complexity index is 321. The molecule has 1 saturated heterocycles. The van der Waals surface area contributed by atoms with E-state index in [0.29, 0.717) is 0 Å². The fourth-order valence-corrected chi connectivity index (χ4v) is 2.84. The fraction of sp³-hybridized carbons (Fsp3) is 0.500. The minimum absolute atomic E-state index is 0.379. The highest BCUT2D eigenvalue weighted by atomic mass is 32.2. The minimum Gasteiger partial charge on any atom is -0.389 e. The van der Waals surface area contributed by atoms with Gasteiger partial charge in [0, 0.05) is 35.8 Å². The Labute approximate surface area is 95.3 Å². The third kappa shape index (κ3) is 2.47. The van der Waals surface area contributed by atoms with Gasteiger partial charge in [0.1, 0.15) is 0 Å². The molecular formula is C12H17NOS. The van der Waals surface area contributed by atoms with E-state index in [1.807, 2.05) is 36.9 Å². The Hall–Kier alpha value is -0.670. The molecule has 1 heterocycles. The Morgan fingerprint density at radius 3 is 2.60 bits per heavy atom. The van der Waals surface area contributed by atoms with Crippen LogP contribution < -0.4 is 4.90 Å². The number of aliphatic hydroxyl groups excluding tert-OH is 1. The predicted molar refractivity (Wildman–Crippen MR) is 66.6 cm³/mol. The summed E-state index contributed by atoms with van der Waals surface area (Å²) in [6, 6.07) is 8.16. The summed E-state index contributed by atoms with van der Waals surface area (Å²) in [6.07, 6.45) is -0.379. The van der Waals surface area contributed by atoms with Crippen LogP contribution in [0.1, 0.15) is 18.6 Å². The number of aliphatic hydroxyl groups is 1. The molecule has 0 spiro atoms. The monoisotopic (exact) mass is 223 g/mol. The van der Waals surface area contributed by atoms with E-state index in [9.17, 15) is 5.11 Å². The van der Waals surface area contributed by atoms with Crippen molar-refractivity contribution in [1.82, 2.24) is 0 Å². The molecule has 82 valence electrons. The maximum absolute atomic E-state index is 9.70. The van der Waals surface area contributed by atoms with Gasteiger partial charge in [0.25, 0.3) is 0 Å². The molecule has 0 radical (unpaired) electrons. The molecule has 0 unspecified atom stereocenters. The van der Waals surface area contributed by atoms with Gasteiger partial charge >= 0.3 is 0 Å². The number of anilines is 1. The van der Waals surface area contributed by atoms with Crippen LogP contribution >= 0.6 is 11.8 Å². The van der Waals surface area contributed by atoms with Gasteiger partial charge in [0.05, 0.1) is 6.10 Å². The van der Waals surface area contributed by atoms with Gasteiger partial charge in [-0.3, -0.25) is 0 Å². The van der Waals surface area contributed by atoms with Crippen LogP contribution in [0.15, 0.2) is 24.3 Å². The molecule has 0 aromatic heterocycles. The second-order valence-electron chi connectivity index (χ2n) is 3.83. The number of hydrogen-bond acceptors (Lipinski definition) is 3. The molecule has 0 amide bonds. The molecule has 1 aromatic carbocycles. The van der Waals surface area contributed by atoms with Crippen LogP contribution in [0.25, 0.3) is 0 Å². The Morgan fingerprint density at radius 1 is 1.27 bits per heavy atom. The van der Waals surface area contributed by atoms with E-state index in [2.05, 4.69) is 11.0 Å². The lowest BCUT2D eigenvalue weighted by Crippen LogP contribution is -2.33. The van der Waals surface area contributed by atoms with Crippen LogP contribution in [0, 0.1) is 0 Å². The zero-order valence-corrected chi connectivity index (χ0v) is 9.83. The van der Waals surface area contributed by atoms with Crippen LogP contribution in [0.4, 0.5) is 5.69 Å². The molecule has 2 rings (SSSR count). The second kappa shape index (κ2) is 4.90. The predicted octanol–water partition coefficient (Wildman–Crippen LogP) is 2.29. The van der Waals surface area contributed by atoms with E-state index in [1.165, 1.54) is 17.2 Å². The van der Waals surface area contributed by atoms with E-state index >= 15 is 0 Å². The summed E-state index contributed by atoms with van der Waals surface area (Å²) in [4.78, 5) is 2.37. The molecule has 1 fully saturated rings. The molecule has 1 N–H and O–H groups in total. The first-order chi connectivity index (χ1) is 7.29. The average Bonchev–Trinajstić information content (AvgIpc) is 2.30. The van der Waals surface area contributed by atoms with Crippen molar-refractivity contribution in [1.29, 1.82) is 0 Å². The van der Waals surface area contributed by atoms with Crippen molar-refractivity contribution in [3.05, 3.63) is 29.8 Å². The second-order valence-corrected chi connectivity index (χ2v) is 5.06. The van der Waals surface area contributed by atoms with Crippen molar-refractivity contribution < 1.29 is 5.11 Å². The maximum atomic E-state index is 9.70. The van der Waals surface area contributed by atoms with Gasteiger partial charge in [-0.05, 0) is 13.0 Å². The SMILES string of the molecule is C[C@H](O)c1ccccc1N1CCSCC1. The van der Waals surface area contributed by atoms with Crippen LogP contribution in [0.2, 0.25) is 0 Å². The molecule has 0 aliphatic carbocycles. The lowest BCUT2D eigenvalue weighted by Gasteiger charge is -2.30. The van der Waals surface area contributed by atoms with Gasteiger partial charge in [-0.2, -0.15) is 11.8 Å². The van der Waals surface area contributed by atoms with Gasteiger partial charge < -0.3 is 10.0 Å². The first-order valence-corrected chi connectivity index (χ1v) is 6.54. The third-order valence-electron chi connectivity index (χ3n) is 2.74. The molecule has 3 heteroatoms. The van der Waals surface area contributed by atoms with E-state index in [4.69, 9.17) is 0 Å². The summed E-state index contributed by atoms with van der Waals surface area (Å²) < 4.78 is 0. The van der Waals surface area contributed by atoms with Gasteiger partial charge in [-0.1, -0.05) is 18.2 Å². The Morgan fingerprint density at radius 2 is 1.93 bits per heavy atom. The Kier molecular flexibility index (Phi) is 3.54. The van der Waals surface area contributed by atoms with Crippen molar-refractivity contribution in [2.45, 2.75) is 13.0 Å². The summed E-state index contributed by atoms with van der Waals surface area (Å²) in [6.45, 7) is 4.01. The average molecular weight is 223 g/mol. The summed E-state index contributed by atoms with van der Waals surface area (Å²) in [7, 11) is 0. The van der Waals surface area contributed by atoms with Crippen molar-refractivity contribution in [2.24, 2.45) is 0 Å². The zero-order valence-electron chi connectivity index (χ0n) is 9.02. The topological polar surface area (TPSA) is 23.5 Å². The quantitative estimate of drug-likeness (QED) is 0.832. The van der Waals surface area contributed by atoms with Crippen molar-refractivity contribution in [3.8, 4) is 0 Å². The number of hydrogen-bond donors (Lipinski definition) is 1. The van der Waals surface area contributed by atoms with Gasteiger partial charge in [-0.15, -0.1) is 0 Å². The number of nitrogens with zero attached hydrogens (tertiary/aromatic N) is 1. The largest absolute Gasteiger partial charge is 0.389 e. The van der Waals surface area contributed by atoms with E-state index in [-0.39, 0.29) is 6.10 Å². The third-order valence-corrected chi connectivity index (χ3v) is 3.68. The maximum Gasteiger partial charge on any atom is 0.0781 e. The molecular weight excluding hydrogens is 206 g/mol. The number of thioether (sulfide) groups is 1. The number of rotatable bonds is 2. The van der Waals surface area contributed by atoms with Crippen molar-refractivity contribution >= 4 is 17.4 Å². The lowest BCUT2D eigenvalue weighted by molar-refractivity contribution is 0.199. The first-order valence-electron chi connectivity index (χ1n) is 5.38. The molecule has 1 atom stereocenters. The molecule has 0 bridgehead atoms. The van der Waals surface area contributed by atoms with Crippen molar-refractivity contribution in [3.63, 3.8) is 0 Å². The summed E-state index contributed by atoms with van der Waals surface area (Å²) >= 11 is 2.00. The van der Waals surface area contributed by atoms with E-state index < -0.39 is 0 Å². The van der Waals surface area contributed by atoms with Crippen molar-refractivity contribution in [2.75, 3.05) is 29.5 Å².